The number of nitrogens with zero attached hydrogens (tertiary/aromatic N) is 2. The molecule has 2 N–H and O–H groups in total. The minimum atomic E-state index is -0.105. The van der Waals surface area contributed by atoms with Crippen LogP contribution in [0.4, 0.5) is 5.69 Å². The van der Waals surface area contributed by atoms with Crippen LogP contribution in [0.2, 0.25) is 0 Å². The maximum atomic E-state index is 6.46. The van der Waals surface area contributed by atoms with Gasteiger partial charge in [-0.1, -0.05) is 19.1 Å². The molecule has 1 aromatic heterocycles. The first kappa shape index (κ1) is 14.5. The molecule has 1 aliphatic heterocycles. The predicted octanol–water partition coefficient (Wildman–Crippen LogP) is 3.44. The molecule has 0 saturated carbocycles. The van der Waals surface area contributed by atoms with Gasteiger partial charge in [0.15, 0.2) is 0 Å². The highest BCUT2D eigenvalue weighted by Gasteiger charge is 2.19. The SMILES string of the molecule is CCc1nc(C(N)c2ccc3c(c2)CCCN3C)sc1C. The number of fused-ring (bicyclic) bond motifs is 1. The van der Waals surface area contributed by atoms with Crippen LogP contribution in [0.15, 0.2) is 18.2 Å². The van der Waals surface area contributed by atoms with E-state index in [1.807, 2.05) is 0 Å². The molecule has 0 bridgehead atoms. The Balaban J connectivity index is 1.92. The largest absolute Gasteiger partial charge is 0.374 e. The Morgan fingerprint density at radius 1 is 1.43 bits per heavy atom. The van der Waals surface area contributed by atoms with Crippen LogP contribution >= 0.6 is 11.3 Å². The summed E-state index contributed by atoms with van der Waals surface area (Å²) in [6.45, 7) is 5.42. The van der Waals surface area contributed by atoms with Gasteiger partial charge in [0, 0.05) is 24.2 Å². The summed E-state index contributed by atoms with van der Waals surface area (Å²) in [5, 5.41) is 1.04. The quantitative estimate of drug-likeness (QED) is 0.944. The molecule has 2 aromatic rings. The van der Waals surface area contributed by atoms with Crippen LogP contribution in [0.25, 0.3) is 0 Å². The van der Waals surface area contributed by atoms with Crippen LogP contribution in [0.5, 0.6) is 0 Å². The lowest BCUT2D eigenvalue weighted by Gasteiger charge is -2.28. The van der Waals surface area contributed by atoms with E-state index in [1.165, 1.54) is 33.8 Å². The summed E-state index contributed by atoms with van der Waals surface area (Å²) in [6.07, 6.45) is 3.35. The second-order valence-electron chi connectivity index (χ2n) is 5.80. The topological polar surface area (TPSA) is 42.1 Å². The van der Waals surface area contributed by atoms with Crippen molar-refractivity contribution in [1.82, 2.24) is 4.98 Å². The maximum absolute atomic E-state index is 6.46. The number of hydrogen-bond donors (Lipinski definition) is 1. The summed E-state index contributed by atoms with van der Waals surface area (Å²) in [4.78, 5) is 8.34. The van der Waals surface area contributed by atoms with Crippen molar-refractivity contribution in [3.8, 4) is 0 Å². The highest BCUT2D eigenvalue weighted by atomic mass is 32.1. The number of aromatic nitrogens is 1. The van der Waals surface area contributed by atoms with Gasteiger partial charge in [0.1, 0.15) is 5.01 Å². The zero-order valence-electron chi connectivity index (χ0n) is 13.0. The zero-order chi connectivity index (χ0) is 15.0. The summed E-state index contributed by atoms with van der Waals surface area (Å²) >= 11 is 1.73. The van der Waals surface area contributed by atoms with Gasteiger partial charge in [-0.3, -0.25) is 0 Å². The van der Waals surface area contributed by atoms with Crippen LogP contribution < -0.4 is 10.6 Å². The summed E-state index contributed by atoms with van der Waals surface area (Å²) in [7, 11) is 2.16. The molecule has 3 rings (SSSR count). The highest BCUT2D eigenvalue weighted by Crippen LogP contribution is 2.32. The minimum absolute atomic E-state index is 0.105. The standard InChI is InChI=1S/C17H23N3S/c1-4-14-11(2)21-17(19-14)16(18)13-7-8-15-12(10-13)6-5-9-20(15)3/h7-8,10,16H,4-6,9,18H2,1-3H3. The van der Waals surface area contributed by atoms with Crippen LogP contribution in [0, 0.1) is 6.92 Å². The fourth-order valence-electron chi connectivity index (χ4n) is 3.05. The van der Waals surface area contributed by atoms with Crippen LogP contribution in [0.1, 0.15) is 46.1 Å². The van der Waals surface area contributed by atoms with Gasteiger partial charge in [0.25, 0.3) is 0 Å². The molecule has 4 heteroatoms. The smallest absolute Gasteiger partial charge is 0.114 e. The van der Waals surface area contributed by atoms with E-state index in [1.54, 1.807) is 11.3 Å². The molecule has 0 spiro atoms. The zero-order valence-corrected chi connectivity index (χ0v) is 13.8. The van der Waals surface area contributed by atoms with Gasteiger partial charge in [-0.2, -0.15) is 0 Å². The minimum Gasteiger partial charge on any atom is -0.374 e. The monoisotopic (exact) mass is 301 g/mol. The van der Waals surface area contributed by atoms with E-state index in [4.69, 9.17) is 10.7 Å². The van der Waals surface area contributed by atoms with Crippen molar-refractivity contribution in [2.24, 2.45) is 5.73 Å². The van der Waals surface area contributed by atoms with Crippen molar-refractivity contribution in [1.29, 1.82) is 0 Å². The number of benzene rings is 1. The predicted molar refractivity (Wildman–Crippen MR) is 90.3 cm³/mol. The van der Waals surface area contributed by atoms with Gasteiger partial charge in [-0.25, -0.2) is 4.98 Å². The van der Waals surface area contributed by atoms with E-state index in [0.717, 1.165) is 24.4 Å². The summed E-state index contributed by atoms with van der Waals surface area (Å²) in [6, 6.07) is 6.54. The highest BCUT2D eigenvalue weighted by molar-refractivity contribution is 7.11. The number of rotatable bonds is 3. The fraction of sp³-hybridized carbons (Fsp3) is 0.471. The van der Waals surface area contributed by atoms with E-state index in [9.17, 15) is 0 Å². The first-order chi connectivity index (χ1) is 10.1. The second-order valence-corrected chi connectivity index (χ2v) is 7.03. The Morgan fingerprint density at radius 3 is 2.95 bits per heavy atom. The Bertz CT molecular complexity index is 647. The lowest BCUT2D eigenvalue weighted by Crippen LogP contribution is -2.25. The first-order valence-corrected chi connectivity index (χ1v) is 8.47. The number of nitrogens with two attached hydrogens (primary N) is 1. The molecule has 0 aliphatic carbocycles. The van der Waals surface area contributed by atoms with Gasteiger partial charge in [0.05, 0.1) is 11.7 Å². The molecule has 3 nitrogen and oxygen atoms in total. The molecule has 1 atom stereocenters. The van der Waals surface area contributed by atoms with Gasteiger partial charge in [-0.15, -0.1) is 11.3 Å². The third-order valence-electron chi connectivity index (χ3n) is 4.32. The fourth-order valence-corrected chi connectivity index (χ4v) is 4.09. The molecule has 0 saturated heterocycles. The van der Waals surface area contributed by atoms with Crippen molar-refractivity contribution in [3.05, 3.63) is 44.9 Å². The van der Waals surface area contributed by atoms with Crippen LogP contribution in [-0.2, 0) is 12.8 Å². The van der Waals surface area contributed by atoms with Gasteiger partial charge in [0.2, 0.25) is 0 Å². The molecular weight excluding hydrogens is 278 g/mol. The van der Waals surface area contributed by atoms with E-state index in [-0.39, 0.29) is 6.04 Å². The van der Waals surface area contributed by atoms with Crippen molar-refractivity contribution in [2.45, 2.75) is 39.2 Å². The molecule has 1 unspecified atom stereocenters. The number of thiazole rings is 1. The molecule has 21 heavy (non-hydrogen) atoms. The summed E-state index contributed by atoms with van der Waals surface area (Å²) in [5.74, 6) is 0. The average Bonchev–Trinajstić information content (AvgIpc) is 2.87. The van der Waals surface area contributed by atoms with Gasteiger partial charge in [-0.05, 0) is 43.4 Å². The maximum Gasteiger partial charge on any atom is 0.114 e. The summed E-state index contributed by atoms with van der Waals surface area (Å²) < 4.78 is 0. The van der Waals surface area contributed by atoms with Crippen molar-refractivity contribution in [3.63, 3.8) is 0 Å². The Kier molecular flexibility index (Phi) is 4.00. The number of anilines is 1. The van der Waals surface area contributed by atoms with Crippen LogP contribution in [0.3, 0.4) is 0 Å². The molecule has 1 aromatic carbocycles. The Morgan fingerprint density at radius 2 is 2.24 bits per heavy atom. The third kappa shape index (κ3) is 2.70. The van der Waals surface area contributed by atoms with Crippen molar-refractivity contribution >= 4 is 17.0 Å². The number of aryl methyl sites for hydroxylation is 3. The lowest BCUT2D eigenvalue weighted by atomic mass is 9.97. The lowest BCUT2D eigenvalue weighted by molar-refractivity contribution is 0.739. The normalized spacial score (nSPS) is 15.9. The third-order valence-corrected chi connectivity index (χ3v) is 5.42. The van der Waals surface area contributed by atoms with Crippen LogP contribution in [-0.4, -0.2) is 18.6 Å². The number of hydrogen-bond acceptors (Lipinski definition) is 4. The molecule has 0 amide bonds. The molecular formula is C17H23N3S. The molecule has 0 radical (unpaired) electrons. The van der Waals surface area contributed by atoms with E-state index >= 15 is 0 Å². The first-order valence-electron chi connectivity index (χ1n) is 7.66. The van der Waals surface area contributed by atoms with Gasteiger partial charge < -0.3 is 10.6 Å². The van der Waals surface area contributed by atoms with E-state index in [2.05, 4.69) is 44.0 Å². The van der Waals surface area contributed by atoms with Crippen molar-refractivity contribution in [2.75, 3.05) is 18.5 Å². The van der Waals surface area contributed by atoms with E-state index < -0.39 is 0 Å². The average molecular weight is 301 g/mol. The van der Waals surface area contributed by atoms with Crippen molar-refractivity contribution < 1.29 is 0 Å². The molecule has 112 valence electrons. The Labute approximate surface area is 130 Å². The van der Waals surface area contributed by atoms with Gasteiger partial charge >= 0.3 is 0 Å². The summed E-state index contributed by atoms with van der Waals surface area (Å²) in [5.41, 5.74) is 11.6. The molecule has 0 fully saturated rings. The molecule has 2 heterocycles. The molecule has 1 aliphatic rings. The van der Waals surface area contributed by atoms with E-state index in [0.29, 0.717) is 0 Å². The second kappa shape index (κ2) is 5.78. The Hall–Kier alpha value is -1.39.